The summed E-state index contributed by atoms with van der Waals surface area (Å²) in [5.41, 5.74) is 0. The van der Waals surface area contributed by atoms with E-state index in [2.05, 4.69) is 0 Å². The number of rotatable bonds is 4. The van der Waals surface area contributed by atoms with Gasteiger partial charge in [-0.3, -0.25) is 4.39 Å². The molecule has 0 aromatic heterocycles. The fraction of sp³-hybridized carbons (Fsp3) is 1.00. The molecule has 0 aromatic rings. The second-order valence-corrected chi connectivity index (χ2v) is 2.39. The van der Waals surface area contributed by atoms with Crippen molar-refractivity contribution in [2.75, 3.05) is 6.67 Å². The van der Waals surface area contributed by atoms with E-state index >= 15 is 0 Å². The molecule has 0 radical (unpaired) electrons. The van der Waals surface area contributed by atoms with E-state index in [-0.39, 0.29) is 18.7 Å². The molecule has 0 fully saturated rings. The highest BCUT2D eigenvalue weighted by Gasteiger charge is 2.10. The number of hydrogen-bond acceptors (Lipinski definition) is 1. The summed E-state index contributed by atoms with van der Waals surface area (Å²) in [5.74, 6) is 0.148. The van der Waals surface area contributed by atoms with E-state index in [4.69, 9.17) is 5.11 Å². The largest absolute Gasteiger partial charge is 0.393 e. The van der Waals surface area contributed by atoms with Crippen LogP contribution in [0.5, 0.6) is 0 Å². The topological polar surface area (TPSA) is 20.2 Å². The van der Waals surface area contributed by atoms with E-state index in [9.17, 15) is 4.39 Å². The zero-order chi connectivity index (χ0) is 7.28. The van der Waals surface area contributed by atoms with E-state index in [1.54, 1.807) is 6.92 Å². The SMILES string of the molecule is CCC(CCF)C(C)O. The lowest BCUT2D eigenvalue weighted by Crippen LogP contribution is -2.16. The molecular weight excluding hydrogens is 119 g/mol. The van der Waals surface area contributed by atoms with Gasteiger partial charge in [-0.15, -0.1) is 0 Å². The maximum atomic E-state index is 11.7. The lowest BCUT2D eigenvalue weighted by Gasteiger charge is -2.15. The molecule has 0 saturated carbocycles. The molecule has 0 spiro atoms. The Morgan fingerprint density at radius 3 is 2.22 bits per heavy atom. The Bertz CT molecular complexity index is 63.9. The first kappa shape index (κ1) is 8.89. The summed E-state index contributed by atoms with van der Waals surface area (Å²) in [6.45, 7) is 3.36. The van der Waals surface area contributed by atoms with Gasteiger partial charge in [-0.25, -0.2) is 0 Å². The lowest BCUT2D eigenvalue weighted by molar-refractivity contribution is 0.112. The van der Waals surface area contributed by atoms with Crippen molar-refractivity contribution in [2.45, 2.75) is 32.8 Å². The number of aliphatic hydroxyl groups is 1. The summed E-state index contributed by atoms with van der Waals surface area (Å²) in [6, 6.07) is 0. The van der Waals surface area contributed by atoms with Crippen LogP contribution in [0, 0.1) is 5.92 Å². The Hall–Kier alpha value is -0.110. The van der Waals surface area contributed by atoms with Crippen LogP contribution in [0.15, 0.2) is 0 Å². The van der Waals surface area contributed by atoms with Gasteiger partial charge in [0.05, 0.1) is 12.8 Å². The third kappa shape index (κ3) is 3.46. The van der Waals surface area contributed by atoms with Crippen LogP contribution in [-0.2, 0) is 0 Å². The normalized spacial score (nSPS) is 17.3. The molecule has 0 aliphatic carbocycles. The fourth-order valence-corrected chi connectivity index (χ4v) is 0.927. The first-order valence-corrected chi connectivity index (χ1v) is 3.46. The van der Waals surface area contributed by atoms with Crippen LogP contribution in [-0.4, -0.2) is 17.9 Å². The van der Waals surface area contributed by atoms with Crippen molar-refractivity contribution in [3.8, 4) is 0 Å². The smallest absolute Gasteiger partial charge is 0.0898 e. The average molecular weight is 134 g/mol. The van der Waals surface area contributed by atoms with Crippen molar-refractivity contribution in [1.82, 2.24) is 0 Å². The highest BCUT2D eigenvalue weighted by atomic mass is 19.1. The minimum Gasteiger partial charge on any atom is -0.393 e. The molecular formula is C7H15FO. The molecule has 0 aliphatic heterocycles. The summed E-state index contributed by atoms with van der Waals surface area (Å²) < 4.78 is 11.7. The van der Waals surface area contributed by atoms with E-state index in [1.165, 1.54) is 0 Å². The third-order valence-corrected chi connectivity index (χ3v) is 1.69. The highest BCUT2D eigenvalue weighted by molar-refractivity contribution is 4.61. The first-order chi connectivity index (χ1) is 4.22. The van der Waals surface area contributed by atoms with Gasteiger partial charge < -0.3 is 5.11 Å². The van der Waals surface area contributed by atoms with Crippen molar-refractivity contribution in [1.29, 1.82) is 0 Å². The van der Waals surface area contributed by atoms with Gasteiger partial charge in [-0.05, 0) is 19.3 Å². The Balaban J connectivity index is 3.41. The van der Waals surface area contributed by atoms with Gasteiger partial charge in [0, 0.05) is 0 Å². The monoisotopic (exact) mass is 134 g/mol. The molecule has 0 aliphatic rings. The fourth-order valence-electron chi connectivity index (χ4n) is 0.927. The summed E-state index contributed by atoms with van der Waals surface area (Å²) in [7, 11) is 0. The zero-order valence-electron chi connectivity index (χ0n) is 6.10. The second kappa shape index (κ2) is 4.74. The van der Waals surface area contributed by atoms with Gasteiger partial charge in [-0.1, -0.05) is 13.3 Å². The van der Waals surface area contributed by atoms with Gasteiger partial charge in [-0.2, -0.15) is 0 Å². The van der Waals surface area contributed by atoms with Crippen LogP contribution in [0.2, 0.25) is 0 Å². The predicted octanol–water partition coefficient (Wildman–Crippen LogP) is 1.75. The summed E-state index contributed by atoms with van der Waals surface area (Å²) in [5, 5.41) is 8.98. The van der Waals surface area contributed by atoms with E-state index in [0.29, 0.717) is 6.42 Å². The predicted molar refractivity (Wildman–Crippen MR) is 36.1 cm³/mol. The molecule has 0 bridgehead atoms. The van der Waals surface area contributed by atoms with E-state index < -0.39 is 0 Å². The molecule has 0 aromatic carbocycles. The molecule has 0 heterocycles. The Morgan fingerprint density at radius 1 is 1.56 bits per heavy atom. The number of hydrogen-bond donors (Lipinski definition) is 1. The number of aliphatic hydroxyl groups excluding tert-OH is 1. The lowest BCUT2D eigenvalue weighted by atomic mass is 9.98. The first-order valence-electron chi connectivity index (χ1n) is 3.46. The summed E-state index contributed by atoms with van der Waals surface area (Å²) in [6.07, 6.45) is 1.00. The van der Waals surface area contributed by atoms with E-state index in [1.807, 2.05) is 6.92 Å². The van der Waals surface area contributed by atoms with Crippen molar-refractivity contribution >= 4 is 0 Å². The number of halogens is 1. The van der Waals surface area contributed by atoms with Gasteiger partial charge in [0.15, 0.2) is 0 Å². The molecule has 0 rings (SSSR count). The standard InChI is InChI=1S/C7H15FO/c1-3-7(4-5-8)6(2)9/h6-7,9H,3-5H2,1-2H3. The third-order valence-electron chi connectivity index (χ3n) is 1.69. The highest BCUT2D eigenvalue weighted by Crippen LogP contribution is 2.12. The average Bonchev–Trinajstić information content (AvgIpc) is 1.82. The molecule has 2 heteroatoms. The van der Waals surface area contributed by atoms with Crippen molar-refractivity contribution in [3.05, 3.63) is 0 Å². The van der Waals surface area contributed by atoms with Gasteiger partial charge in [0.1, 0.15) is 0 Å². The van der Waals surface area contributed by atoms with Crippen molar-refractivity contribution in [3.63, 3.8) is 0 Å². The van der Waals surface area contributed by atoms with Gasteiger partial charge >= 0.3 is 0 Å². The molecule has 0 saturated heterocycles. The molecule has 2 unspecified atom stereocenters. The minimum atomic E-state index is -0.356. The summed E-state index contributed by atoms with van der Waals surface area (Å²) in [4.78, 5) is 0. The van der Waals surface area contributed by atoms with Gasteiger partial charge in [0.25, 0.3) is 0 Å². The molecule has 1 N–H and O–H groups in total. The van der Waals surface area contributed by atoms with Crippen LogP contribution in [0.1, 0.15) is 26.7 Å². The zero-order valence-corrected chi connectivity index (χ0v) is 6.10. The van der Waals surface area contributed by atoms with Crippen LogP contribution in [0.3, 0.4) is 0 Å². The van der Waals surface area contributed by atoms with Gasteiger partial charge in [0.2, 0.25) is 0 Å². The Morgan fingerprint density at radius 2 is 2.11 bits per heavy atom. The summed E-state index contributed by atoms with van der Waals surface area (Å²) >= 11 is 0. The van der Waals surface area contributed by atoms with Crippen LogP contribution in [0.25, 0.3) is 0 Å². The van der Waals surface area contributed by atoms with Crippen LogP contribution >= 0.6 is 0 Å². The molecule has 56 valence electrons. The molecule has 9 heavy (non-hydrogen) atoms. The molecule has 0 amide bonds. The van der Waals surface area contributed by atoms with E-state index in [0.717, 1.165) is 6.42 Å². The minimum absolute atomic E-state index is 0.148. The molecule has 1 nitrogen and oxygen atoms in total. The van der Waals surface area contributed by atoms with Crippen LogP contribution < -0.4 is 0 Å². The maximum Gasteiger partial charge on any atom is 0.0898 e. The molecule has 2 atom stereocenters. The number of alkyl halides is 1. The Labute approximate surface area is 55.9 Å². The Kier molecular flexibility index (Phi) is 4.68. The van der Waals surface area contributed by atoms with Crippen molar-refractivity contribution in [2.24, 2.45) is 5.92 Å². The maximum absolute atomic E-state index is 11.7. The van der Waals surface area contributed by atoms with Crippen LogP contribution in [0.4, 0.5) is 4.39 Å². The second-order valence-electron chi connectivity index (χ2n) is 2.39. The quantitative estimate of drug-likeness (QED) is 0.621. The van der Waals surface area contributed by atoms with Crippen molar-refractivity contribution < 1.29 is 9.50 Å².